The average molecular weight is 323 g/mol. The van der Waals surface area contributed by atoms with E-state index in [1.165, 1.54) is 22.0 Å². The van der Waals surface area contributed by atoms with Gasteiger partial charge in [0, 0.05) is 37.5 Å². The van der Waals surface area contributed by atoms with Crippen LogP contribution in [-0.4, -0.2) is 42.0 Å². The lowest BCUT2D eigenvalue weighted by molar-refractivity contribution is 0.370. The van der Waals surface area contributed by atoms with E-state index in [0.29, 0.717) is 5.41 Å². The molecule has 1 aromatic heterocycles. The third-order valence-electron chi connectivity index (χ3n) is 4.17. The van der Waals surface area contributed by atoms with Crippen molar-refractivity contribution in [3.8, 4) is 0 Å². The van der Waals surface area contributed by atoms with Crippen LogP contribution in [0.15, 0.2) is 4.99 Å². The summed E-state index contributed by atoms with van der Waals surface area (Å²) in [7, 11) is 0. The summed E-state index contributed by atoms with van der Waals surface area (Å²) in [6.07, 6.45) is 3.21. The second-order valence-corrected chi connectivity index (χ2v) is 8.07. The van der Waals surface area contributed by atoms with E-state index in [9.17, 15) is 0 Å². The topological polar surface area (TPSA) is 40.5 Å². The lowest BCUT2D eigenvalue weighted by Crippen LogP contribution is -2.40. The number of aryl methyl sites for hydroxylation is 2. The quantitative estimate of drug-likeness (QED) is 0.668. The highest BCUT2D eigenvalue weighted by Gasteiger charge is 2.30. The van der Waals surface area contributed by atoms with Gasteiger partial charge in [-0.1, -0.05) is 20.8 Å². The molecule has 0 unspecified atom stereocenters. The summed E-state index contributed by atoms with van der Waals surface area (Å²) in [4.78, 5) is 13.3. The van der Waals surface area contributed by atoms with E-state index in [1.54, 1.807) is 0 Å². The molecule has 1 saturated heterocycles. The molecule has 1 fully saturated rings. The Morgan fingerprint density at radius 2 is 2.18 bits per heavy atom. The van der Waals surface area contributed by atoms with Gasteiger partial charge in [0.1, 0.15) is 0 Å². The number of aromatic nitrogens is 1. The fourth-order valence-corrected chi connectivity index (χ4v) is 3.91. The van der Waals surface area contributed by atoms with Gasteiger partial charge in [-0.05, 0) is 32.1 Å². The third kappa shape index (κ3) is 4.45. The van der Waals surface area contributed by atoms with Crippen LogP contribution in [-0.2, 0) is 12.8 Å². The molecule has 0 bridgehead atoms. The zero-order chi connectivity index (χ0) is 16.2. The molecule has 0 amide bonds. The van der Waals surface area contributed by atoms with Gasteiger partial charge in [0.05, 0.1) is 10.7 Å². The van der Waals surface area contributed by atoms with Gasteiger partial charge >= 0.3 is 0 Å². The molecule has 5 heteroatoms. The first-order valence-corrected chi connectivity index (χ1v) is 9.25. The van der Waals surface area contributed by atoms with Crippen LogP contribution in [0.5, 0.6) is 0 Å². The second-order valence-electron chi connectivity index (χ2n) is 6.79. The maximum Gasteiger partial charge on any atom is 0.193 e. The Morgan fingerprint density at radius 1 is 1.41 bits per heavy atom. The smallest absolute Gasteiger partial charge is 0.193 e. The molecule has 2 rings (SSSR count). The van der Waals surface area contributed by atoms with Gasteiger partial charge in [0.2, 0.25) is 0 Å². The van der Waals surface area contributed by atoms with E-state index >= 15 is 0 Å². The Bertz CT molecular complexity index is 519. The minimum Gasteiger partial charge on any atom is -0.357 e. The number of aliphatic imine (C=N–C) groups is 1. The Hall–Kier alpha value is -1.10. The van der Waals surface area contributed by atoms with E-state index in [-0.39, 0.29) is 0 Å². The standard InChI is InChI=1S/C17H30N4S/c1-6-14-13(3)22-15(20-14)8-10-19-16(18-7-2)21-11-9-17(4,5)12-21/h6-12H2,1-5H3,(H,18,19). The molecule has 22 heavy (non-hydrogen) atoms. The number of rotatable bonds is 5. The summed E-state index contributed by atoms with van der Waals surface area (Å²) in [5.41, 5.74) is 1.65. The molecule has 1 aliphatic rings. The first kappa shape index (κ1) is 17.3. The van der Waals surface area contributed by atoms with Crippen molar-refractivity contribution in [3.63, 3.8) is 0 Å². The number of nitrogens with zero attached hydrogens (tertiary/aromatic N) is 3. The molecule has 0 aliphatic carbocycles. The molecule has 0 saturated carbocycles. The van der Waals surface area contributed by atoms with Crippen molar-refractivity contribution in [2.45, 2.75) is 53.9 Å². The summed E-state index contributed by atoms with van der Waals surface area (Å²) in [5.74, 6) is 1.07. The van der Waals surface area contributed by atoms with Crippen LogP contribution in [0, 0.1) is 12.3 Å². The van der Waals surface area contributed by atoms with Gasteiger partial charge in [-0.25, -0.2) is 4.98 Å². The van der Waals surface area contributed by atoms with Crippen LogP contribution in [0.25, 0.3) is 0 Å². The molecule has 4 nitrogen and oxygen atoms in total. The van der Waals surface area contributed by atoms with Crippen molar-refractivity contribution in [2.75, 3.05) is 26.2 Å². The lowest BCUT2D eigenvalue weighted by Gasteiger charge is -2.23. The van der Waals surface area contributed by atoms with Gasteiger partial charge in [-0.3, -0.25) is 4.99 Å². The fourth-order valence-electron chi connectivity index (χ4n) is 2.90. The van der Waals surface area contributed by atoms with Crippen molar-refractivity contribution in [1.29, 1.82) is 0 Å². The molecule has 124 valence electrons. The van der Waals surface area contributed by atoms with Crippen LogP contribution in [0.4, 0.5) is 0 Å². The van der Waals surface area contributed by atoms with Crippen molar-refractivity contribution >= 4 is 17.3 Å². The minimum absolute atomic E-state index is 0.401. The van der Waals surface area contributed by atoms with Crippen molar-refractivity contribution in [1.82, 2.24) is 15.2 Å². The molecular formula is C17H30N4S. The lowest BCUT2D eigenvalue weighted by atomic mass is 9.93. The number of nitrogens with one attached hydrogen (secondary N) is 1. The molecule has 2 heterocycles. The summed E-state index contributed by atoms with van der Waals surface area (Å²) in [5, 5.41) is 4.65. The normalized spacial score (nSPS) is 18.0. The van der Waals surface area contributed by atoms with Crippen molar-refractivity contribution in [2.24, 2.45) is 10.4 Å². The van der Waals surface area contributed by atoms with E-state index in [4.69, 9.17) is 9.98 Å². The highest BCUT2D eigenvalue weighted by molar-refractivity contribution is 7.11. The van der Waals surface area contributed by atoms with Crippen LogP contribution in [0.3, 0.4) is 0 Å². The van der Waals surface area contributed by atoms with Crippen molar-refractivity contribution < 1.29 is 0 Å². The first-order chi connectivity index (χ1) is 10.4. The third-order valence-corrected chi connectivity index (χ3v) is 5.24. The molecule has 0 aromatic carbocycles. The average Bonchev–Trinajstić information content (AvgIpc) is 3.00. The largest absolute Gasteiger partial charge is 0.357 e. The Kier molecular flexibility index (Phi) is 5.84. The number of likely N-dealkylation sites (tertiary alicyclic amines) is 1. The van der Waals surface area contributed by atoms with Gasteiger partial charge in [0.15, 0.2) is 5.96 Å². The number of guanidine groups is 1. The minimum atomic E-state index is 0.401. The zero-order valence-electron chi connectivity index (χ0n) is 14.7. The second kappa shape index (κ2) is 7.44. The summed E-state index contributed by atoms with van der Waals surface area (Å²) < 4.78 is 0. The number of thiazole rings is 1. The van der Waals surface area contributed by atoms with Gasteiger partial charge in [-0.2, -0.15) is 0 Å². The van der Waals surface area contributed by atoms with Gasteiger partial charge in [-0.15, -0.1) is 11.3 Å². The van der Waals surface area contributed by atoms with Crippen LogP contribution in [0.1, 0.15) is 49.7 Å². The van der Waals surface area contributed by atoms with Gasteiger partial charge in [0.25, 0.3) is 0 Å². The maximum absolute atomic E-state index is 4.82. The first-order valence-electron chi connectivity index (χ1n) is 8.43. The Morgan fingerprint density at radius 3 is 2.73 bits per heavy atom. The van der Waals surface area contributed by atoms with E-state index in [0.717, 1.165) is 45.0 Å². The monoisotopic (exact) mass is 322 g/mol. The molecule has 1 aliphatic heterocycles. The molecule has 0 spiro atoms. The van der Waals surface area contributed by atoms with E-state index < -0.39 is 0 Å². The predicted molar refractivity (Wildman–Crippen MR) is 95.9 cm³/mol. The number of hydrogen-bond donors (Lipinski definition) is 1. The van der Waals surface area contributed by atoms with Crippen LogP contribution >= 0.6 is 11.3 Å². The highest BCUT2D eigenvalue weighted by atomic mass is 32.1. The summed E-state index contributed by atoms with van der Waals surface area (Å²) in [6.45, 7) is 15.1. The Balaban J connectivity index is 1.95. The molecule has 1 N–H and O–H groups in total. The SMILES string of the molecule is CCNC(=NCCc1nc(CC)c(C)s1)N1CCC(C)(C)C1. The predicted octanol–water partition coefficient (Wildman–Crippen LogP) is 3.25. The number of hydrogen-bond acceptors (Lipinski definition) is 3. The van der Waals surface area contributed by atoms with Gasteiger partial charge < -0.3 is 10.2 Å². The molecular weight excluding hydrogens is 292 g/mol. The van der Waals surface area contributed by atoms with Crippen LogP contribution in [0.2, 0.25) is 0 Å². The fraction of sp³-hybridized carbons (Fsp3) is 0.765. The maximum atomic E-state index is 4.82. The summed E-state index contributed by atoms with van der Waals surface area (Å²) >= 11 is 1.82. The van der Waals surface area contributed by atoms with Crippen LogP contribution < -0.4 is 5.32 Å². The summed E-state index contributed by atoms with van der Waals surface area (Å²) in [6, 6.07) is 0. The highest BCUT2D eigenvalue weighted by Crippen LogP contribution is 2.28. The molecule has 1 aromatic rings. The zero-order valence-corrected chi connectivity index (χ0v) is 15.5. The van der Waals surface area contributed by atoms with Crippen molar-refractivity contribution in [3.05, 3.63) is 15.6 Å². The molecule has 0 atom stereocenters. The van der Waals surface area contributed by atoms with E-state index in [1.807, 2.05) is 11.3 Å². The molecule has 0 radical (unpaired) electrons. The Labute approximate surface area is 139 Å². The van der Waals surface area contributed by atoms with E-state index in [2.05, 4.69) is 44.8 Å².